The van der Waals surface area contributed by atoms with Crippen LogP contribution in [0.1, 0.15) is 48.4 Å². The molecule has 2 rings (SSSR count). The predicted molar refractivity (Wildman–Crippen MR) is 98.4 cm³/mol. The zero-order valence-corrected chi connectivity index (χ0v) is 16.8. The smallest absolute Gasteiger partial charge is 0.342 e. The molecule has 1 saturated heterocycles. The number of sulfone groups is 1. The minimum absolute atomic E-state index is 0.0547. The minimum Gasteiger partial charge on any atom is -0.452 e. The van der Waals surface area contributed by atoms with Crippen molar-refractivity contribution in [2.75, 3.05) is 18.1 Å². The average molecular weight is 399 g/mol. The molecule has 1 amide bonds. The average Bonchev–Trinajstić information content (AvgIpc) is 2.91. The number of carbonyl (C=O) groups is 2. The first kappa shape index (κ1) is 21.1. The number of aryl methyl sites for hydroxylation is 2. The van der Waals surface area contributed by atoms with Crippen molar-refractivity contribution >= 4 is 21.7 Å². The summed E-state index contributed by atoms with van der Waals surface area (Å²) in [6.07, 6.45) is 1.03. The van der Waals surface area contributed by atoms with Gasteiger partial charge in [0.1, 0.15) is 11.3 Å². The molecule has 150 valence electrons. The number of esters is 1. The number of nitrogens with zero attached hydrogens (tertiary/aromatic N) is 1. The van der Waals surface area contributed by atoms with E-state index < -0.39 is 40.0 Å². The Balaban J connectivity index is 2.12. The molecule has 2 unspecified atom stereocenters. The molecule has 9 heteroatoms. The van der Waals surface area contributed by atoms with Crippen LogP contribution in [0, 0.1) is 13.8 Å². The van der Waals surface area contributed by atoms with Crippen LogP contribution in [0.4, 0.5) is 0 Å². The number of amides is 1. The summed E-state index contributed by atoms with van der Waals surface area (Å²) in [4.78, 5) is 37.9. The molecule has 1 fully saturated rings. The highest BCUT2D eigenvalue weighted by atomic mass is 32.2. The number of hydrogen-bond acceptors (Lipinski definition) is 7. The third-order valence-corrected chi connectivity index (χ3v) is 6.57. The molecule has 1 aromatic heterocycles. The molecular formula is C18H25NO7S. The predicted octanol–water partition coefficient (Wildman–Crippen LogP) is 1.23. The summed E-state index contributed by atoms with van der Waals surface area (Å²) in [6.45, 7) is 6.29. The van der Waals surface area contributed by atoms with E-state index in [1.807, 2.05) is 13.8 Å². The quantitative estimate of drug-likeness (QED) is 0.661. The third kappa shape index (κ3) is 4.97. The fourth-order valence-electron chi connectivity index (χ4n) is 3.34. The van der Waals surface area contributed by atoms with Gasteiger partial charge in [0.05, 0.1) is 11.5 Å². The van der Waals surface area contributed by atoms with Crippen molar-refractivity contribution < 1.29 is 27.2 Å². The van der Waals surface area contributed by atoms with E-state index in [9.17, 15) is 22.8 Å². The molecule has 0 N–H and O–H groups in total. The van der Waals surface area contributed by atoms with Crippen LogP contribution in [0.25, 0.3) is 0 Å². The molecule has 8 nitrogen and oxygen atoms in total. The van der Waals surface area contributed by atoms with Crippen molar-refractivity contribution in [2.45, 2.75) is 52.6 Å². The third-order valence-electron chi connectivity index (χ3n) is 4.82. The van der Waals surface area contributed by atoms with E-state index >= 15 is 0 Å². The maximum Gasteiger partial charge on any atom is 0.342 e. The Kier molecular flexibility index (Phi) is 6.46. The second kappa shape index (κ2) is 8.24. The molecule has 0 aromatic carbocycles. The van der Waals surface area contributed by atoms with E-state index in [0.717, 1.165) is 0 Å². The van der Waals surface area contributed by atoms with Crippen LogP contribution < -0.4 is 5.63 Å². The van der Waals surface area contributed by atoms with Gasteiger partial charge in [-0.3, -0.25) is 4.79 Å². The fourth-order valence-corrected chi connectivity index (χ4v) is 5.05. The summed E-state index contributed by atoms with van der Waals surface area (Å²) in [6, 6.07) is 0.599. The van der Waals surface area contributed by atoms with Crippen molar-refractivity contribution in [1.82, 2.24) is 4.90 Å². The topological polar surface area (TPSA) is 111 Å². The summed E-state index contributed by atoms with van der Waals surface area (Å²) in [5, 5.41) is 0. The SMILES string of the molecule is CCC(C)N(C(=O)COC(=O)c1c(C)cc(=O)oc1C)C1CCS(=O)(=O)C1. The van der Waals surface area contributed by atoms with Gasteiger partial charge in [-0.1, -0.05) is 6.92 Å². The first-order chi connectivity index (χ1) is 12.6. The lowest BCUT2D eigenvalue weighted by Gasteiger charge is -2.33. The van der Waals surface area contributed by atoms with E-state index in [-0.39, 0.29) is 28.9 Å². The largest absolute Gasteiger partial charge is 0.452 e. The highest BCUT2D eigenvalue weighted by molar-refractivity contribution is 7.91. The second-order valence-corrected chi connectivity index (χ2v) is 9.10. The monoisotopic (exact) mass is 399 g/mol. The molecule has 1 aromatic rings. The Morgan fingerprint density at radius 2 is 2.04 bits per heavy atom. The van der Waals surface area contributed by atoms with Crippen LogP contribution in [-0.4, -0.2) is 55.4 Å². The van der Waals surface area contributed by atoms with Gasteiger partial charge in [0.25, 0.3) is 5.91 Å². The molecule has 0 aliphatic carbocycles. The number of hydrogen-bond donors (Lipinski definition) is 0. The highest BCUT2D eigenvalue weighted by Crippen LogP contribution is 2.22. The standard InChI is InChI=1S/C18H25NO7S/c1-5-12(3)19(14-6-7-27(23,24)10-14)15(20)9-25-18(22)17-11(2)8-16(21)26-13(17)4/h8,12,14H,5-7,9-10H2,1-4H3. The van der Waals surface area contributed by atoms with E-state index in [1.165, 1.54) is 17.9 Å². The summed E-state index contributed by atoms with van der Waals surface area (Å²) in [7, 11) is -3.15. The normalized spacial score (nSPS) is 19.5. The van der Waals surface area contributed by atoms with Gasteiger partial charge < -0.3 is 14.1 Å². The van der Waals surface area contributed by atoms with Crippen LogP contribution in [0.3, 0.4) is 0 Å². The van der Waals surface area contributed by atoms with Crippen molar-refractivity contribution in [3.63, 3.8) is 0 Å². The maximum absolute atomic E-state index is 12.7. The van der Waals surface area contributed by atoms with Gasteiger partial charge in [0.2, 0.25) is 0 Å². The van der Waals surface area contributed by atoms with Gasteiger partial charge in [-0.25, -0.2) is 18.0 Å². The lowest BCUT2D eigenvalue weighted by molar-refractivity contribution is -0.138. The van der Waals surface area contributed by atoms with Crippen LogP contribution in [-0.2, 0) is 19.4 Å². The van der Waals surface area contributed by atoms with Gasteiger partial charge in [-0.15, -0.1) is 0 Å². The van der Waals surface area contributed by atoms with Gasteiger partial charge in [-0.05, 0) is 39.2 Å². The first-order valence-electron chi connectivity index (χ1n) is 8.85. The summed E-state index contributed by atoms with van der Waals surface area (Å²) in [5.74, 6) is -1.09. The zero-order valence-electron chi connectivity index (χ0n) is 16.0. The molecular weight excluding hydrogens is 374 g/mol. The molecule has 1 aliphatic rings. The first-order valence-corrected chi connectivity index (χ1v) is 10.7. The molecule has 0 bridgehead atoms. The van der Waals surface area contributed by atoms with Crippen molar-refractivity contribution in [3.8, 4) is 0 Å². The van der Waals surface area contributed by atoms with Gasteiger partial charge in [0, 0.05) is 18.2 Å². The van der Waals surface area contributed by atoms with Crippen LogP contribution in [0.15, 0.2) is 15.3 Å². The van der Waals surface area contributed by atoms with Gasteiger partial charge in [0.15, 0.2) is 16.4 Å². The Morgan fingerprint density at radius 1 is 1.37 bits per heavy atom. The molecule has 0 saturated carbocycles. The lowest BCUT2D eigenvalue weighted by Crippen LogP contribution is -2.48. The Hall–Kier alpha value is -2.16. The van der Waals surface area contributed by atoms with E-state index in [2.05, 4.69) is 0 Å². The summed E-state index contributed by atoms with van der Waals surface area (Å²) < 4.78 is 33.6. The zero-order chi connectivity index (χ0) is 20.4. The molecule has 1 aliphatic heterocycles. The fraction of sp³-hybridized carbons (Fsp3) is 0.611. The molecule has 0 radical (unpaired) electrons. The molecule has 0 spiro atoms. The van der Waals surface area contributed by atoms with Crippen LogP contribution >= 0.6 is 0 Å². The minimum atomic E-state index is -3.15. The van der Waals surface area contributed by atoms with Crippen LogP contribution in [0.5, 0.6) is 0 Å². The number of rotatable bonds is 6. The van der Waals surface area contributed by atoms with Crippen molar-refractivity contribution in [1.29, 1.82) is 0 Å². The lowest BCUT2D eigenvalue weighted by atomic mass is 10.1. The molecule has 2 heterocycles. The summed E-state index contributed by atoms with van der Waals surface area (Å²) in [5.41, 5.74) is -0.0502. The number of ether oxygens (including phenoxy) is 1. The molecule has 2 atom stereocenters. The van der Waals surface area contributed by atoms with Gasteiger partial charge in [-0.2, -0.15) is 0 Å². The highest BCUT2D eigenvalue weighted by Gasteiger charge is 2.36. The van der Waals surface area contributed by atoms with E-state index in [1.54, 1.807) is 6.92 Å². The van der Waals surface area contributed by atoms with E-state index in [0.29, 0.717) is 18.4 Å². The molecule has 27 heavy (non-hydrogen) atoms. The van der Waals surface area contributed by atoms with E-state index in [4.69, 9.17) is 9.15 Å². The second-order valence-electron chi connectivity index (χ2n) is 6.87. The maximum atomic E-state index is 12.7. The Labute approximate surface area is 158 Å². The number of carbonyl (C=O) groups excluding carboxylic acids is 2. The summed E-state index contributed by atoms with van der Waals surface area (Å²) >= 11 is 0. The Bertz CT molecular complexity index is 861. The Morgan fingerprint density at radius 3 is 2.56 bits per heavy atom. The van der Waals surface area contributed by atoms with Crippen molar-refractivity contribution in [3.05, 3.63) is 33.4 Å². The van der Waals surface area contributed by atoms with Gasteiger partial charge >= 0.3 is 11.6 Å². The van der Waals surface area contributed by atoms with Crippen molar-refractivity contribution in [2.24, 2.45) is 0 Å². The van der Waals surface area contributed by atoms with Crippen LogP contribution in [0.2, 0.25) is 0 Å².